The van der Waals surface area contributed by atoms with Crippen molar-refractivity contribution in [2.45, 2.75) is 18.7 Å². The smallest absolute Gasteiger partial charge is 0.250 e. The van der Waals surface area contributed by atoms with E-state index >= 15 is 0 Å². The maximum absolute atomic E-state index is 11.8. The van der Waals surface area contributed by atoms with Gasteiger partial charge < -0.3 is 20.1 Å². The zero-order chi connectivity index (χ0) is 21.0. The summed E-state index contributed by atoms with van der Waals surface area (Å²) in [6.07, 6.45) is 1.17. The number of aliphatic hydroxyl groups excluding tert-OH is 1. The van der Waals surface area contributed by atoms with Gasteiger partial charge in [0.15, 0.2) is 15.7 Å². The van der Waals surface area contributed by atoms with E-state index in [0.717, 1.165) is 0 Å². The second kappa shape index (κ2) is 8.85. The molecule has 0 saturated carbocycles. The third-order valence-electron chi connectivity index (χ3n) is 4.41. The molecule has 1 aliphatic rings. The molecular formula is C19H24N4O5S. The number of ether oxygens (including phenoxy) is 1. The van der Waals surface area contributed by atoms with Gasteiger partial charge in [0, 0.05) is 30.1 Å². The Morgan fingerprint density at radius 2 is 2.03 bits per heavy atom. The van der Waals surface area contributed by atoms with Gasteiger partial charge in [-0.25, -0.2) is 18.4 Å². The highest BCUT2D eigenvalue weighted by Crippen LogP contribution is 2.25. The van der Waals surface area contributed by atoms with Crippen LogP contribution in [-0.2, 0) is 25.1 Å². The van der Waals surface area contributed by atoms with Gasteiger partial charge in [0.25, 0.3) is 0 Å². The molecular weight excluding hydrogens is 396 g/mol. The normalized spacial score (nSPS) is 17.2. The van der Waals surface area contributed by atoms with Crippen LogP contribution in [0.25, 0.3) is 11.4 Å². The van der Waals surface area contributed by atoms with E-state index in [1.807, 2.05) is 6.92 Å². The first-order valence-corrected chi connectivity index (χ1v) is 11.2. The summed E-state index contributed by atoms with van der Waals surface area (Å²) in [6, 6.07) is 8.63. The van der Waals surface area contributed by atoms with E-state index in [1.54, 1.807) is 30.3 Å². The Balaban J connectivity index is 1.97. The molecule has 0 unspecified atom stereocenters. The molecule has 9 nitrogen and oxygen atoms in total. The first kappa shape index (κ1) is 21.2. The van der Waals surface area contributed by atoms with Crippen LogP contribution in [0, 0.1) is 0 Å². The van der Waals surface area contributed by atoms with Crippen LogP contribution in [0.3, 0.4) is 0 Å². The fraction of sp³-hybridized carbons (Fsp3) is 0.421. The molecule has 1 atom stereocenters. The zero-order valence-electron chi connectivity index (χ0n) is 16.3. The molecule has 2 heterocycles. The van der Waals surface area contributed by atoms with Crippen molar-refractivity contribution in [1.82, 2.24) is 9.97 Å². The van der Waals surface area contributed by atoms with Gasteiger partial charge in [0.2, 0.25) is 5.91 Å². The highest BCUT2D eigenvalue weighted by molar-refractivity contribution is 7.89. The highest BCUT2D eigenvalue weighted by Gasteiger charge is 2.22. The van der Waals surface area contributed by atoms with Crippen molar-refractivity contribution in [2.75, 3.05) is 42.8 Å². The van der Waals surface area contributed by atoms with Gasteiger partial charge in [-0.15, -0.1) is 0 Å². The van der Waals surface area contributed by atoms with E-state index in [-0.39, 0.29) is 11.8 Å². The lowest BCUT2D eigenvalue weighted by atomic mass is 10.2. The number of amides is 1. The molecule has 29 heavy (non-hydrogen) atoms. The van der Waals surface area contributed by atoms with Gasteiger partial charge in [-0.3, -0.25) is 4.79 Å². The third kappa shape index (κ3) is 5.72. The summed E-state index contributed by atoms with van der Waals surface area (Å²) in [5, 5.41) is 11.4. The molecule has 10 heteroatoms. The Bertz CT molecular complexity index is 979. The quantitative estimate of drug-likeness (QED) is 0.705. The molecule has 1 aliphatic heterocycles. The highest BCUT2D eigenvalue weighted by atomic mass is 32.2. The number of carbonyl (C=O) groups excluding carboxylic acids is 1. The molecule has 1 aromatic heterocycles. The fourth-order valence-electron chi connectivity index (χ4n) is 3.07. The fourth-order valence-corrected chi connectivity index (χ4v) is 3.76. The monoisotopic (exact) mass is 420 g/mol. The first-order valence-electron chi connectivity index (χ1n) is 9.16. The number of rotatable bonds is 6. The van der Waals surface area contributed by atoms with Crippen LogP contribution in [0.5, 0.6) is 0 Å². The van der Waals surface area contributed by atoms with Crippen LogP contribution < -0.4 is 10.2 Å². The third-order valence-corrected chi connectivity index (χ3v) is 5.23. The van der Waals surface area contributed by atoms with Crippen LogP contribution >= 0.6 is 0 Å². The van der Waals surface area contributed by atoms with Crippen molar-refractivity contribution in [3.05, 3.63) is 36.0 Å². The predicted molar refractivity (Wildman–Crippen MR) is 109 cm³/mol. The molecule has 1 fully saturated rings. The Labute approximate surface area is 169 Å². The maximum atomic E-state index is 11.8. The van der Waals surface area contributed by atoms with E-state index in [1.165, 1.54) is 6.26 Å². The molecule has 1 amide bonds. The second-order valence-corrected chi connectivity index (χ2v) is 9.15. The van der Waals surface area contributed by atoms with Crippen molar-refractivity contribution in [1.29, 1.82) is 0 Å². The van der Waals surface area contributed by atoms with Crippen LogP contribution in [-0.4, -0.2) is 68.1 Å². The van der Waals surface area contributed by atoms with Crippen LogP contribution in [0.2, 0.25) is 0 Å². The van der Waals surface area contributed by atoms with E-state index < -0.39 is 22.4 Å². The van der Waals surface area contributed by atoms with Crippen LogP contribution in [0.4, 0.5) is 11.5 Å². The van der Waals surface area contributed by atoms with Gasteiger partial charge >= 0.3 is 0 Å². The Kier molecular flexibility index (Phi) is 6.46. The number of aliphatic hydroxyl groups is 1. The van der Waals surface area contributed by atoms with Crippen molar-refractivity contribution in [3.63, 3.8) is 0 Å². The summed E-state index contributed by atoms with van der Waals surface area (Å²) in [7, 11) is -3.26. The molecule has 0 aliphatic carbocycles. The number of nitrogens with zero attached hydrogens (tertiary/aromatic N) is 3. The Hall–Kier alpha value is -2.56. The van der Waals surface area contributed by atoms with E-state index in [9.17, 15) is 13.2 Å². The number of nitrogens with one attached hydrogen (secondary N) is 1. The summed E-state index contributed by atoms with van der Waals surface area (Å²) >= 11 is 0. The summed E-state index contributed by atoms with van der Waals surface area (Å²) in [5.41, 5.74) is 1.63. The van der Waals surface area contributed by atoms with Gasteiger partial charge in [0.05, 0.1) is 30.7 Å². The minimum atomic E-state index is -3.26. The molecule has 1 saturated heterocycles. The van der Waals surface area contributed by atoms with Gasteiger partial charge in [-0.05, 0) is 31.2 Å². The number of hydrogen-bond acceptors (Lipinski definition) is 8. The largest absolute Gasteiger partial charge is 0.387 e. The van der Waals surface area contributed by atoms with Crippen LogP contribution in [0.1, 0.15) is 12.6 Å². The molecule has 2 aromatic rings. The average Bonchev–Trinajstić information content (AvgIpc) is 2.67. The topological polar surface area (TPSA) is 122 Å². The SMILES string of the molecule is C[C@H]1COCCN1c1cc(CS(C)(=O)=O)nc(-c2ccc(NC(=O)CO)cc2)n1. The second-order valence-electron chi connectivity index (χ2n) is 7.01. The molecule has 0 bridgehead atoms. The number of benzene rings is 1. The number of sulfone groups is 1. The molecule has 1 aromatic carbocycles. The lowest BCUT2D eigenvalue weighted by molar-refractivity contribution is -0.118. The molecule has 2 N–H and O–H groups in total. The maximum Gasteiger partial charge on any atom is 0.250 e. The Morgan fingerprint density at radius 3 is 2.66 bits per heavy atom. The van der Waals surface area contributed by atoms with Crippen molar-refractivity contribution < 1.29 is 23.1 Å². The summed E-state index contributed by atoms with van der Waals surface area (Å²) in [5.74, 6) is 0.369. The number of anilines is 2. The van der Waals surface area contributed by atoms with Gasteiger partial charge in [0.1, 0.15) is 12.4 Å². The van der Waals surface area contributed by atoms with E-state index in [4.69, 9.17) is 9.84 Å². The standard InChI is InChI=1S/C19H24N4O5S/c1-13-11-28-8-7-23(13)17-9-16(12-29(2,26)27)21-19(22-17)14-3-5-15(6-4-14)20-18(25)10-24/h3-6,9,13,24H,7-8,10-12H2,1-2H3,(H,20,25)/t13-/m0/s1. The first-order chi connectivity index (χ1) is 13.7. The molecule has 0 spiro atoms. The lowest BCUT2D eigenvalue weighted by Gasteiger charge is -2.34. The summed E-state index contributed by atoms with van der Waals surface area (Å²) < 4.78 is 29.1. The van der Waals surface area contributed by atoms with Crippen molar-refractivity contribution >= 4 is 27.2 Å². The number of hydrogen-bond donors (Lipinski definition) is 2. The molecule has 156 valence electrons. The van der Waals surface area contributed by atoms with E-state index in [0.29, 0.717) is 48.3 Å². The van der Waals surface area contributed by atoms with Crippen LogP contribution in [0.15, 0.2) is 30.3 Å². The van der Waals surface area contributed by atoms with E-state index in [2.05, 4.69) is 20.2 Å². The number of morpholine rings is 1. The number of carbonyl (C=O) groups is 1. The predicted octanol–water partition coefficient (Wildman–Crippen LogP) is 0.844. The summed E-state index contributed by atoms with van der Waals surface area (Å²) in [4.78, 5) is 22.5. The molecule has 3 rings (SSSR count). The van der Waals surface area contributed by atoms with Crippen molar-refractivity contribution in [3.8, 4) is 11.4 Å². The number of aromatic nitrogens is 2. The molecule has 0 radical (unpaired) electrons. The average molecular weight is 420 g/mol. The van der Waals surface area contributed by atoms with Gasteiger partial charge in [-0.1, -0.05) is 0 Å². The lowest BCUT2D eigenvalue weighted by Crippen LogP contribution is -2.44. The zero-order valence-corrected chi connectivity index (χ0v) is 17.1. The minimum Gasteiger partial charge on any atom is -0.387 e. The Morgan fingerprint density at radius 1 is 1.31 bits per heavy atom. The minimum absolute atomic E-state index is 0.105. The summed E-state index contributed by atoms with van der Waals surface area (Å²) in [6.45, 7) is 3.22. The van der Waals surface area contributed by atoms with Crippen molar-refractivity contribution in [2.24, 2.45) is 0 Å². The van der Waals surface area contributed by atoms with Gasteiger partial charge in [-0.2, -0.15) is 0 Å².